The number of hydrogen-bond donors (Lipinski definition) is 0. The normalized spacial score (nSPS) is 14.5. The smallest absolute Gasteiger partial charge is 0.333 e. The van der Waals surface area contributed by atoms with Crippen LogP contribution >= 0.6 is 7.82 Å². The van der Waals surface area contributed by atoms with Crippen molar-refractivity contribution < 1.29 is 37.3 Å². The van der Waals surface area contributed by atoms with Crippen LogP contribution in [0.5, 0.6) is 5.75 Å². The van der Waals surface area contributed by atoms with Gasteiger partial charge in [-0.2, -0.15) is 0 Å². The van der Waals surface area contributed by atoms with Gasteiger partial charge in [-0.3, -0.25) is 4.57 Å². The van der Waals surface area contributed by atoms with Crippen molar-refractivity contribution in [1.29, 1.82) is 0 Å². The summed E-state index contributed by atoms with van der Waals surface area (Å²) in [5.41, 5.74) is 1.10. The van der Waals surface area contributed by atoms with Crippen LogP contribution in [-0.4, -0.2) is 64.1 Å². The van der Waals surface area contributed by atoms with Crippen molar-refractivity contribution in [3.63, 3.8) is 0 Å². The Bertz CT molecular complexity index is 740. The summed E-state index contributed by atoms with van der Waals surface area (Å²) >= 11 is 0. The molecule has 0 aromatic heterocycles. The number of esters is 1. The van der Waals surface area contributed by atoms with Gasteiger partial charge in [0.25, 0.3) is 7.82 Å². The first-order valence-corrected chi connectivity index (χ1v) is 10.5. The summed E-state index contributed by atoms with van der Waals surface area (Å²) in [4.78, 5) is 23.8. The Balaban J connectivity index is 2.72. The number of benzene rings is 1. The Morgan fingerprint density at radius 3 is 2.38 bits per heavy atom. The molecule has 29 heavy (non-hydrogen) atoms. The van der Waals surface area contributed by atoms with Gasteiger partial charge in [-0.05, 0) is 24.6 Å². The Morgan fingerprint density at radius 2 is 1.86 bits per heavy atom. The highest BCUT2D eigenvalue weighted by Gasteiger charge is 2.22. The molecule has 2 unspecified atom stereocenters. The van der Waals surface area contributed by atoms with E-state index in [0.29, 0.717) is 16.8 Å². The molecule has 0 aliphatic heterocycles. The molecule has 0 bridgehead atoms. The molecule has 1 rings (SSSR count). The van der Waals surface area contributed by atoms with E-state index in [1.54, 1.807) is 30.3 Å². The predicted octanol–water partition coefficient (Wildman–Crippen LogP) is 2.40. The Morgan fingerprint density at radius 1 is 1.24 bits per heavy atom. The summed E-state index contributed by atoms with van der Waals surface area (Å²) in [6.45, 7) is 8.58. The minimum atomic E-state index is -4.62. The lowest BCUT2D eigenvalue weighted by Crippen LogP contribution is -2.38. The van der Waals surface area contributed by atoms with Gasteiger partial charge in [0, 0.05) is 5.57 Å². The van der Waals surface area contributed by atoms with E-state index in [1.165, 1.54) is 6.92 Å². The highest BCUT2D eigenvalue weighted by molar-refractivity contribution is 7.45. The molecule has 0 saturated heterocycles. The monoisotopic (exact) mass is 427 g/mol. The van der Waals surface area contributed by atoms with E-state index in [0.717, 1.165) is 5.56 Å². The first-order valence-electron chi connectivity index (χ1n) is 9.04. The maximum Gasteiger partial charge on any atom is 0.333 e. The molecule has 162 valence electrons. The van der Waals surface area contributed by atoms with Crippen LogP contribution in [0.25, 0.3) is 6.08 Å². The number of carbonyl (C=O) groups excluding carboxylic acids is 1. The third-order valence-electron chi connectivity index (χ3n) is 3.59. The van der Waals surface area contributed by atoms with Gasteiger partial charge in [0.2, 0.25) is 0 Å². The van der Waals surface area contributed by atoms with E-state index >= 15 is 0 Å². The van der Waals surface area contributed by atoms with Crippen LogP contribution < -0.4 is 9.63 Å². The van der Waals surface area contributed by atoms with Gasteiger partial charge in [-0.15, -0.1) is 0 Å². The van der Waals surface area contributed by atoms with E-state index < -0.39 is 19.9 Å². The summed E-state index contributed by atoms with van der Waals surface area (Å²) in [5, 5.41) is 0. The van der Waals surface area contributed by atoms with Crippen LogP contribution in [0.2, 0.25) is 0 Å². The van der Waals surface area contributed by atoms with Crippen molar-refractivity contribution >= 4 is 19.9 Å². The molecule has 0 saturated carbocycles. The molecular formula is C20H30NO7P. The second-order valence-electron chi connectivity index (χ2n) is 7.48. The molecule has 0 radical (unpaired) electrons. The molecule has 1 aromatic rings. The van der Waals surface area contributed by atoms with Crippen LogP contribution in [0, 0.1) is 0 Å². The number of likely N-dealkylation sites (N-methyl/N-ethyl adjacent to an activating group) is 1. The summed E-state index contributed by atoms with van der Waals surface area (Å²) in [5.74, 6) is -0.150. The summed E-state index contributed by atoms with van der Waals surface area (Å²) in [6.07, 6.45) is 0.610. The molecule has 1 aromatic carbocycles. The fourth-order valence-corrected chi connectivity index (χ4v) is 2.78. The zero-order chi connectivity index (χ0) is 22.1. The highest BCUT2D eigenvalue weighted by Crippen LogP contribution is 2.40. The molecular weight excluding hydrogens is 397 g/mol. The average Bonchev–Trinajstić information content (AvgIpc) is 2.62. The Hall–Kier alpha value is -1.96. The van der Waals surface area contributed by atoms with Gasteiger partial charge in [0.1, 0.15) is 38.2 Å². The van der Waals surface area contributed by atoms with Gasteiger partial charge < -0.3 is 27.9 Å². The lowest BCUT2D eigenvalue weighted by molar-refractivity contribution is -0.870. The molecule has 0 aliphatic carbocycles. The molecule has 0 amide bonds. The first-order chi connectivity index (χ1) is 13.4. The second-order valence-corrected chi connectivity index (χ2v) is 8.85. The highest BCUT2D eigenvalue weighted by atomic mass is 31.2. The van der Waals surface area contributed by atoms with Crippen molar-refractivity contribution in [3.8, 4) is 5.75 Å². The van der Waals surface area contributed by atoms with Crippen molar-refractivity contribution in [2.45, 2.75) is 13.0 Å². The minimum absolute atomic E-state index is 0.0353. The van der Waals surface area contributed by atoms with Gasteiger partial charge in [-0.1, -0.05) is 31.4 Å². The molecule has 0 aliphatic rings. The maximum atomic E-state index is 12.2. The van der Waals surface area contributed by atoms with Crippen molar-refractivity contribution in [3.05, 3.63) is 48.6 Å². The summed E-state index contributed by atoms with van der Waals surface area (Å²) < 4.78 is 33.3. The predicted molar refractivity (Wildman–Crippen MR) is 109 cm³/mol. The van der Waals surface area contributed by atoms with E-state index in [4.69, 9.17) is 18.5 Å². The second kappa shape index (κ2) is 11.3. The minimum Gasteiger partial charge on any atom is -0.756 e. The van der Waals surface area contributed by atoms with Crippen LogP contribution in [-0.2, 0) is 23.1 Å². The van der Waals surface area contributed by atoms with E-state index in [9.17, 15) is 14.3 Å². The third-order valence-corrected chi connectivity index (χ3v) is 4.65. The zero-order valence-corrected chi connectivity index (χ0v) is 18.4. The number of phosphoric ester groups is 1. The number of rotatable bonds is 13. The summed E-state index contributed by atoms with van der Waals surface area (Å²) in [6, 6.07) is 7.02. The molecule has 0 fully saturated rings. The van der Waals surface area contributed by atoms with Gasteiger partial charge in [0.15, 0.2) is 0 Å². The fourth-order valence-electron chi connectivity index (χ4n) is 1.93. The zero-order valence-electron chi connectivity index (χ0n) is 17.5. The number of phosphoric acid groups is 1. The van der Waals surface area contributed by atoms with Crippen molar-refractivity contribution in [2.24, 2.45) is 0 Å². The Kier molecular flexibility index (Phi) is 9.76. The largest absolute Gasteiger partial charge is 0.756 e. The van der Waals surface area contributed by atoms with Gasteiger partial charge >= 0.3 is 5.97 Å². The lowest BCUT2D eigenvalue weighted by atomic mass is 10.2. The molecule has 0 heterocycles. The van der Waals surface area contributed by atoms with Crippen molar-refractivity contribution in [2.75, 3.05) is 47.5 Å². The number of ether oxygens (including phenoxy) is 2. The van der Waals surface area contributed by atoms with Crippen molar-refractivity contribution in [1.82, 2.24) is 0 Å². The SMILES string of the molecule is C=Cc1ccc(OCC(COC(=O)C(=C)C)OP(=O)([O-])OCC[N+](C)(C)C)cc1. The topological polar surface area (TPSA) is 94.1 Å². The molecule has 8 nitrogen and oxygen atoms in total. The van der Waals surface area contributed by atoms with Crippen LogP contribution in [0.4, 0.5) is 0 Å². The maximum absolute atomic E-state index is 12.2. The van der Waals surface area contributed by atoms with Crippen LogP contribution in [0.1, 0.15) is 12.5 Å². The summed E-state index contributed by atoms with van der Waals surface area (Å²) in [7, 11) is 1.10. The average molecular weight is 427 g/mol. The van der Waals surface area contributed by atoms with E-state index in [2.05, 4.69) is 13.2 Å². The molecule has 9 heteroatoms. The number of hydrogen-bond acceptors (Lipinski definition) is 7. The van der Waals surface area contributed by atoms with E-state index in [1.807, 2.05) is 21.1 Å². The van der Waals surface area contributed by atoms with Gasteiger partial charge in [-0.25, -0.2) is 4.79 Å². The van der Waals surface area contributed by atoms with Gasteiger partial charge in [0.05, 0.1) is 21.1 Å². The van der Waals surface area contributed by atoms with Crippen LogP contribution in [0.3, 0.4) is 0 Å². The third kappa shape index (κ3) is 11.0. The molecule has 0 N–H and O–H groups in total. The fraction of sp³-hybridized carbons (Fsp3) is 0.450. The Labute approximate surface area is 172 Å². The number of quaternary nitrogens is 1. The lowest BCUT2D eigenvalue weighted by Gasteiger charge is -2.30. The number of nitrogens with zero attached hydrogens (tertiary/aromatic N) is 1. The molecule has 2 atom stereocenters. The van der Waals surface area contributed by atoms with E-state index in [-0.39, 0.29) is 25.4 Å². The standard InChI is InChI=1S/C20H30NO7P/c1-7-17-8-10-18(11-9-17)25-14-19(15-26-20(22)16(2)3)28-29(23,24)27-13-12-21(4,5)6/h7-11,19H,1-2,12-15H2,3-6H3. The molecule has 0 spiro atoms. The quantitative estimate of drug-likeness (QED) is 0.206. The first kappa shape index (κ1) is 25.1. The van der Waals surface area contributed by atoms with Crippen LogP contribution in [0.15, 0.2) is 43.0 Å². The number of carbonyl (C=O) groups is 1.